The number of piperidine rings is 1. The molecule has 5 nitrogen and oxygen atoms in total. The summed E-state index contributed by atoms with van der Waals surface area (Å²) in [6.45, 7) is 3.46. The number of hydrogen-bond acceptors (Lipinski definition) is 5. The first-order valence-electron chi connectivity index (χ1n) is 7.78. The second-order valence-electron chi connectivity index (χ2n) is 6.25. The predicted molar refractivity (Wildman–Crippen MR) is 82.9 cm³/mol. The maximum atomic E-state index is 12.6. The molecule has 0 radical (unpaired) electrons. The quantitative estimate of drug-likeness (QED) is 0.844. The molecule has 0 aliphatic carbocycles. The van der Waals surface area contributed by atoms with Gasteiger partial charge in [0.1, 0.15) is 5.69 Å². The van der Waals surface area contributed by atoms with Crippen LogP contribution in [0.15, 0.2) is 30.6 Å². The highest BCUT2D eigenvalue weighted by molar-refractivity contribution is 5.54. The summed E-state index contributed by atoms with van der Waals surface area (Å²) in [4.78, 5) is 16.6. The van der Waals surface area contributed by atoms with Gasteiger partial charge >= 0.3 is 6.18 Å². The van der Waals surface area contributed by atoms with Crippen molar-refractivity contribution >= 4 is 11.6 Å². The Hall–Kier alpha value is -2.38. The average molecular weight is 335 g/mol. The zero-order chi connectivity index (χ0) is 16.9. The van der Waals surface area contributed by atoms with Gasteiger partial charge in [0.05, 0.1) is 11.9 Å². The number of alkyl halides is 3. The molecule has 2 bridgehead atoms. The summed E-state index contributed by atoms with van der Waals surface area (Å²) in [6.07, 6.45) is -0.303. The van der Waals surface area contributed by atoms with E-state index in [1.165, 1.54) is 12.3 Å². The van der Waals surface area contributed by atoms with Gasteiger partial charge in [-0.05, 0) is 31.5 Å². The molecule has 8 heteroatoms. The molecule has 0 saturated carbocycles. The predicted octanol–water partition coefficient (Wildman–Crippen LogP) is 2.67. The molecular formula is C16H16F3N5. The van der Waals surface area contributed by atoms with Crippen molar-refractivity contribution in [3.8, 4) is 0 Å². The normalized spacial score (nSPS) is 23.2. The molecule has 126 valence electrons. The largest absolute Gasteiger partial charge is 0.433 e. The van der Waals surface area contributed by atoms with Crippen LogP contribution in [-0.4, -0.2) is 40.1 Å². The van der Waals surface area contributed by atoms with E-state index < -0.39 is 11.9 Å². The second-order valence-corrected chi connectivity index (χ2v) is 6.25. The third-order valence-corrected chi connectivity index (χ3v) is 4.59. The molecule has 5 rings (SSSR count). The average Bonchev–Trinajstić information content (AvgIpc) is 2.54. The van der Waals surface area contributed by atoms with Crippen LogP contribution in [0.3, 0.4) is 0 Å². The van der Waals surface area contributed by atoms with Crippen molar-refractivity contribution in [2.75, 3.05) is 22.9 Å². The molecule has 2 unspecified atom stereocenters. The van der Waals surface area contributed by atoms with Crippen molar-refractivity contribution in [2.24, 2.45) is 0 Å². The van der Waals surface area contributed by atoms with Gasteiger partial charge in [0.2, 0.25) is 5.95 Å². The number of aryl methyl sites for hydroxylation is 1. The number of hydrogen-bond donors (Lipinski definition) is 0. The van der Waals surface area contributed by atoms with Crippen LogP contribution in [0.2, 0.25) is 0 Å². The maximum Gasteiger partial charge on any atom is 0.433 e. The fourth-order valence-corrected chi connectivity index (χ4v) is 3.49. The van der Waals surface area contributed by atoms with Crippen LogP contribution in [0.5, 0.6) is 0 Å². The zero-order valence-electron chi connectivity index (χ0n) is 13.0. The number of anilines is 2. The number of halogens is 3. The third kappa shape index (κ3) is 2.55. The smallest absolute Gasteiger partial charge is 0.361 e. The van der Waals surface area contributed by atoms with E-state index in [0.717, 1.165) is 42.9 Å². The minimum Gasteiger partial charge on any atom is -0.361 e. The highest BCUT2D eigenvalue weighted by atomic mass is 19.4. The monoisotopic (exact) mass is 335 g/mol. The summed E-state index contributed by atoms with van der Waals surface area (Å²) in [5.74, 6) is 0.717. The third-order valence-electron chi connectivity index (χ3n) is 4.59. The number of aromatic nitrogens is 3. The molecule has 0 amide bonds. The number of piperazine rings is 1. The van der Waals surface area contributed by atoms with Crippen molar-refractivity contribution in [3.63, 3.8) is 0 Å². The molecule has 0 N–H and O–H groups in total. The SMILES string of the molecule is Cc1ccnc(N2CC3CC(C2)N3c2ccc(C(F)(F)F)nc2)n1. The Kier molecular flexibility index (Phi) is 3.36. The molecule has 3 aliphatic heterocycles. The van der Waals surface area contributed by atoms with Crippen LogP contribution in [0.4, 0.5) is 24.8 Å². The summed E-state index contributed by atoms with van der Waals surface area (Å²) in [6, 6.07) is 4.92. The molecule has 2 aromatic rings. The van der Waals surface area contributed by atoms with Crippen molar-refractivity contribution in [1.29, 1.82) is 0 Å². The highest BCUT2D eigenvalue weighted by Crippen LogP contribution is 2.38. The summed E-state index contributed by atoms with van der Waals surface area (Å²) in [5.41, 5.74) is 0.809. The standard InChI is InChI=1S/C16H16F3N5/c1-10-4-5-20-15(22-10)23-8-12-6-13(9-23)24(12)11-2-3-14(21-7-11)16(17,18)19/h2-5,7,12-13H,6,8-9H2,1H3. The molecular weight excluding hydrogens is 319 g/mol. The Morgan fingerprint density at radius 2 is 1.83 bits per heavy atom. The second kappa shape index (κ2) is 5.32. The highest BCUT2D eigenvalue weighted by Gasteiger charge is 2.45. The Bertz CT molecular complexity index is 734. The lowest BCUT2D eigenvalue weighted by molar-refractivity contribution is -0.141. The van der Waals surface area contributed by atoms with Gasteiger partial charge in [-0.3, -0.25) is 0 Å². The van der Waals surface area contributed by atoms with E-state index in [4.69, 9.17) is 0 Å². The molecule has 3 fully saturated rings. The minimum absolute atomic E-state index is 0.256. The number of rotatable bonds is 2. The van der Waals surface area contributed by atoms with E-state index in [2.05, 4.69) is 24.8 Å². The van der Waals surface area contributed by atoms with Crippen LogP contribution in [0, 0.1) is 6.92 Å². The molecule has 0 aromatic carbocycles. The fourth-order valence-electron chi connectivity index (χ4n) is 3.49. The first-order chi connectivity index (χ1) is 11.4. The summed E-state index contributed by atoms with van der Waals surface area (Å²) >= 11 is 0. The van der Waals surface area contributed by atoms with E-state index in [9.17, 15) is 13.2 Å². The van der Waals surface area contributed by atoms with Crippen molar-refractivity contribution < 1.29 is 13.2 Å². The van der Waals surface area contributed by atoms with Gasteiger partial charge in [-0.15, -0.1) is 0 Å². The van der Waals surface area contributed by atoms with Crippen LogP contribution >= 0.6 is 0 Å². The lowest BCUT2D eigenvalue weighted by Crippen LogP contribution is -2.69. The van der Waals surface area contributed by atoms with E-state index in [-0.39, 0.29) is 12.1 Å². The lowest BCUT2D eigenvalue weighted by Gasteiger charge is -2.57. The van der Waals surface area contributed by atoms with Gasteiger partial charge in [0.25, 0.3) is 0 Å². The van der Waals surface area contributed by atoms with Crippen LogP contribution in [-0.2, 0) is 6.18 Å². The van der Waals surface area contributed by atoms with Crippen LogP contribution in [0.25, 0.3) is 0 Å². The fraction of sp³-hybridized carbons (Fsp3) is 0.438. The first-order valence-corrected chi connectivity index (χ1v) is 7.78. The van der Waals surface area contributed by atoms with Crippen LogP contribution in [0.1, 0.15) is 17.8 Å². The molecule has 24 heavy (non-hydrogen) atoms. The topological polar surface area (TPSA) is 45.2 Å². The van der Waals surface area contributed by atoms with Crippen LogP contribution < -0.4 is 9.80 Å². The Balaban J connectivity index is 1.49. The minimum atomic E-state index is -4.40. The molecule has 3 saturated heterocycles. The van der Waals surface area contributed by atoms with E-state index in [1.54, 1.807) is 6.20 Å². The van der Waals surface area contributed by atoms with Gasteiger partial charge in [-0.25, -0.2) is 15.0 Å². The molecule has 2 atom stereocenters. The molecule has 3 aliphatic rings. The lowest BCUT2D eigenvalue weighted by atomic mass is 9.87. The van der Waals surface area contributed by atoms with Crippen molar-refractivity contribution in [1.82, 2.24) is 15.0 Å². The van der Waals surface area contributed by atoms with Gasteiger partial charge < -0.3 is 9.80 Å². The Morgan fingerprint density at radius 3 is 2.42 bits per heavy atom. The van der Waals surface area contributed by atoms with Gasteiger partial charge in [0, 0.05) is 37.1 Å². The Morgan fingerprint density at radius 1 is 1.08 bits per heavy atom. The molecule has 2 aromatic heterocycles. The first kappa shape index (κ1) is 15.2. The van der Waals surface area contributed by atoms with E-state index >= 15 is 0 Å². The maximum absolute atomic E-state index is 12.6. The molecule has 0 spiro atoms. The van der Waals surface area contributed by atoms with E-state index in [0.29, 0.717) is 0 Å². The summed E-state index contributed by atoms with van der Waals surface area (Å²) < 4.78 is 37.9. The number of nitrogens with zero attached hydrogens (tertiary/aromatic N) is 5. The van der Waals surface area contributed by atoms with Gasteiger partial charge in [-0.2, -0.15) is 13.2 Å². The summed E-state index contributed by atoms with van der Waals surface area (Å²) in [7, 11) is 0. The van der Waals surface area contributed by atoms with E-state index in [1.807, 2.05) is 13.0 Å². The Labute approximate surface area is 137 Å². The van der Waals surface area contributed by atoms with Crippen molar-refractivity contribution in [3.05, 3.63) is 42.0 Å². The van der Waals surface area contributed by atoms with Crippen molar-refractivity contribution in [2.45, 2.75) is 31.6 Å². The summed E-state index contributed by atoms with van der Waals surface area (Å²) in [5, 5.41) is 0. The zero-order valence-corrected chi connectivity index (χ0v) is 13.0. The molecule has 5 heterocycles. The van der Waals surface area contributed by atoms with Gasteiger partial charge in [0.15, 0.2) is 0 Å². The number of fused-ring (bicyclic) bond motifs is 2. The number of pyridine rings is 1. The van der Waals surface area contributed by atoms with Gasteiger partial charge in [-0.1, -0.05) is 0 Å².